The van der Waals surface area contributed by atoms with Crippen LogP contribution in [0.1, 0.15) is 0 Å². The fraction of sp³-hybridized carbons (Fsp3) is 0. The van der Waals surface area contributed by atoms with Gasteiger partial charge in [0.05, 0.1) is 9.79 Å². The van der Waals surface area contributed by atoms with Gasteiger partial charge >= 0.3 is 0 Å². The Morgan fingerprint density at radius 1 is 0.643 bits per heavy atom. The molecular formula is C24H17O2S2. The molecule has 137 valence electrons. The summed E-state index contributed by atoms with van der Waals surface area (Å²) in [6, 6.07) is 34.7. The SMILES string of the molecule is O=S(=O)(c1ccccc1)c1ccc[c]c1-c1ccc(Sc2ccccc2)cc1. The van der Waals surface area contributed by atoms with Gasteiger partial charge in [-0.3, -0.25) is 0 Å². The van der Waals surface area contributed by atoms with E-state index < -0.39 is 9.84 Å². The minimum atomic E-state index is -3.61. The van der Waals surface area contributed by atoms with Gasteiger partial charge in [0.15, 0.2) is 0 Å². The average molecular weight is 402 g/mol. The number of hydrogen-bond acceptors (Lipinski definition) is 3. The fourth-order valence-electron chi connectivity index (χ4n) is 2.91. The lowest BCUT2D eigenvalue weighted by atomic mass is 10.1. The Balaban J connectivity index is 1.69. The monoisotopic (exact) mass is 401 g/mol. The van der Waals surface area contributed by atoms with Crippen LogP contribution in [-0.4, -0.2) is 8.42 Å². The summed E-state index contributed by atoms with van der Waals surface area (Å²) in [5.74, 6) is 0. The van der Waals surface area contributed by atoms with Gasteiger partial charge in [-0.05, 0) is 54.1 Å². The minimum absolute atomic E-state index is 0.268. The van der Waals surface area contributed by atoms with Gasteiger partial charge in [0.25, 0.3) is 0 Å². The standard InChI is InChI=1S/C24H17O2S2/c25-28(26,22-11-5-2-6-12-22)24-14-8-7-13-23(24)19-15-17-21(18-16-19)27-20-9-3-1-4-10-20/h1-12,14-18H. The molecule has 4 heteroatoms. The number of sulfone groups is 1. The summed E-state index contributed by atoms with van der Waals surface area (Å²) < 4.78 is 26.2. The first-order chi connectivity index (χ1) is 13.6. The second-order valence-corrected chi connectivity index (χ2v) is 9.23. The highest BCUT2D eigenvalue weighted by Crippen LogP contribution is 2.33. The molecule has 4 rings (SSSR count). The molecule has 0 bridgehead atoms. The summed E-state index contributed by atoms with van der Waals surface area (Å²) >= 11 is 1.67. The molecule has 0 amide bonds. The maximum absolute atomic E-state index is 13.1. The number of benzene rings is 4. The van der Waals surface area contributed by atoms with Gasteiger partial charge in [0, 0.05) is 15.4 Å². The van der Waals surface area contributed by atoms with Crippen LogP contribution in [0.2, 0.25) is 0 Å². The molecule has 0 unspecified atom stereocenters. The lowest BCUT2D eigenvalue weighted by molar-refractivity contribution is 0.596. The van der Waals surface area contributed by atoms with Crippen LogP contribution in [0, 0.1) is 6.07 Å². The molecule has 0 spiro atoms. The van der Waals surface area contributed by atoms with Crippen LogP contribution in [0.15, 0.2) is 123 Å². The van der Waals surface area contributed by atoms with E-state index in [4.69, 9.17) is 0 Å². The van der Waals surface area contributed by atoms with E-state index in [0.29, 0.717) is 5.56 Å². The zero-order valence-electron chi connectivity index (χ0n) is 14.9. The van der Waals surface area contributed by atoms with Crippen molar-refractivity contribution in [3.8, 4) is 11.1 Å². The zero-order valence-corrected chi connectivity index (χ0v) is 16.6. The highest BCUT2D eigenvalue weighted by Gasteiger charge is 2.21. The normalized spacial score (nSPS) is 11.3. The van der Waals surface area contributed by atoms with Crippen molar-refractivity contribution in [2.75, 3.05) is 0 Å². The van der Waals surface area contributed by atoms with E-state index in [0.717, 1.165) is 15.4 Å². The number of hydrogen-bond donors (Lipinski definition) is 0. The van der Waals surface area contributed by atoms with Crippen LogP contribution >= 0.6 is 11.8 Å². The van der Waals surface area contributed by atoms with Crippen molar-refractivity contribution in [3.05, 3.63) is 109 Å². The van der Waals surface area contributed by atoms with Crippen LogP contribution in [0.25, 0.3) is 11.1 Å². The highest BCUT2D eigenvalue weighted by molar-refractivity contribution is 7.99. The Hall–Kier alpha value is -2.82. The molecule has 1 radical (unpaired) electrons. The van der Waals surface area contributed by atoms with Crippen molar-refractivity contribution < 1.29 is 8.42 Å². The molecule has 0 aliphatic rings. The van der Waals surface area contributed by atoms with Crippen molar-refractivity contribution in [2.24, 2.45) is 0 Å². The molecule has 0 atom stereocenters. The Labute approximate surface area is 169 Å². The summed E-state index contributed by atoms with van der Waals surface area (Å²) in [6.07, 6.45) is 0. The Kier molecular flexibility index (Phi) is 5.33. The molecule has 0 saturated carbocycles. The molecule has 28 heavy (non-hydrogen) atoms. The Bertz CT molecular complexity index is 1170. The van der Waals surface area contributed by atoms with Gasteiger partial charge in [0.1, 0.15) is 0 Å². The molecule has 0 aromatic heterocycles. The number of rotatable bonds is 5. The van der Waals surface area contributed by atoms with Crippen molar-refractivity contribution in [2.45, 2.75) is 19.6 Å². The molecule has 0 aliphatic carbocycles. The summed E-state index contributed by atoms with van der Waals surface area (Å²) in [7, 11) is -3.61. The summed E-state index contributed by atoms with van der Waals surface area (Å²) in [5.41, 5.74) is 1.41. The first-order valence-electron chi connectivity index (χ1n) is 8.79. The molecule has 0 N–H and O–H groups in total. The third-order valence-corrected chi connectivity index (χ3v) is 7.11. The topological polar surface area (TPSA) is 34.1 Å². The van der Waals surface area contributed by atoms with Crippen LogP contribution in [0.4, 0.5) is 0 Å². The lowest BCUT2D eigenvalue weighted by Gasteiger charge is -2.11. The predicted octanol–water partition coefficient (Wildman–Crippen LogP) is 6.14. The van der Waals surface area contributed by atoms with E-state index in [-0.39, 0.29) is 9.79 Å². The second-order valence-electron chi connectivity index (χ2n) is 6.17. The fourth-order valence-corrected chi connectivity index (χ4v) is 5.22. The van der Waals surface area contributed by atoms with Gasteiger partial charge in [-0.1, -0.05) is 72.4 Å². The maximum Gasteiger partial charge on any atom is 0.207 e. The quantitative estimate of drug-likeness (QED) is 0.403. The zero-order chi connectivity index (χ0) is 19.4. The van der Waals surface area contributed by atoms with Gasteiger partial charge in [-0.2, -0.15) is 0 Å². The smallest absolute Gasteiger partial charge is 0.207 e. The van der Waals surface area contributed by atoms with Crippen LogP contribution in [0.5, 0.6) is 0 Å². The van der Waals surface area contributed by atoms with E-state index in [9.17, 15) is 8.42 Å². The Morgan fingerprint density at radius 2 is 1.25 bits per heavy atom. The van der Waals surface area contributed by atoms with E-state index in [1.165, 1.54) is 0 Å². The minimum Gasteiger partial charge on any atom is -0.218 e. The molecule has 0 saturated heterocycles. The third-order valence-electron chi connectivity index (χ3n) is 4.28. The summed E-state index contributed by atoms with van der Waals surface area (Å²) in [4.78, 5) is 2.81. The molecule has 4 aromatic rings. The molecule has 4 aromatic carbocycles. The first kappa shape index (κ1) is 18.5. The molecular weight excluding hydrogens is 384 g/mol. The van der Waals surface area contributed by atoms with Gasteiger partial charge in [-0.15, -0.1) is 0 Å². The van der Waals surface area contributed by atoms with E-state index >= 15 is 0 Å². The Morgan fingerprint density at radius 3 is 1.93 bits per heavy atom. The van der Waals surface area contributed by atoms with Crippen LogP contribution in [0.3, 0.4) is 0 Å². The molecule has 0 aliphatic heterocycles. The van der Waals surface area contributed by atoms with Gasteiger partial charge < -0.3 is 0 Å². The first-order valence-corrected chi connectivity index (χ1v) is 11.1. The largest absolute Gasteiger partial charge is 0.218 e. The molecule has 0 fully saturated rings. The second kappa shape index (κ2) is 8.05. The molecule has 2 nitrogen and oxygen atoms in total. The maximum atomic E-state index is 13.1. The van der Waals surface area contributed by atoms with Crippen molar-refractivity contribution >= 4 is 21.6 Å². The average Bonchev–Trinajstić information content (AvgIpc) is 2.76. The van der Waals surface area contributed by atoms with Gasteiger partial charge in [-0.25, -0.2) is 8.42 Å². The highest BCUT2D eigenvalue weighted by atomic mass is 32.2. The van der Waals surface area contributed by atoms with Gasteiger partial charge in [0.2, 0.25) is 9.84 Å². The predicted molar refractivity (Wildman–Crippen MR) is 113 cm³/mol. The molecule has 0 heterocycles. The van der Waals surface area contributed by atoms with E-state index in [1.54, 1.807) is 60.3 Å². The summed E-state index contributed by atoms with van der Waals surface area (Å²) in [6.45, 7) is 0. The van der Waals surface area contributed by atoms with E-state index in [1.807, 2.05) is 42.5 Å². The third kappa shape index (κ3) is 3.88. The van der Waals surface area contributed by atoms with Crippen LogP contribution in [-0.2, 0) is 9.84 Å². The van der Waals surface area contributed by atoms with E-state index in [2.05, 4.69) is 18.2 Å². The van der Waals surface area contributed by atoms with Crippen molar-refractivity contribution in [1.82, 2.24) is 0 Å². The van der Waals surface area contributed by atoms with Crippen molar-refractivity contribution in [1.29, 1.82) is 0 Å². The van der Waals surface area contributed by atoms with Crippen LogP contribution < -0.4 is 0 Å². The summed E-state index contributed by atoms with van der Waals surface area (Å²) in [5, 5.41) is 0. The van der Waals surface area contributed by atoms with Crippen molar-refractivity contribution in [3.63, 3.8) is 0 Å². The lowest BCUT2D eigenvalue weighted by Crippen LogP contribution is -2.03.